The summed E-state index contributed by atoms with van der Waals surface area (Å²) in [6, 6.07) is 7.42. The molecule has 8 heteroatoms. The van der Waals surface area contributed by atoms with Gasteiger partial charge in [0.05, 0.1) is 19.6 Å². The van der Waals surface area contributed by atoms with E-state index in [9.17, 15) is 14.4 Å². The summed E-state index contributed by atoms with van der Waals surface area (Å²) in [5, 5.41) is 14.7. The molecule has 0 aliphatic carbocycles. The lowest BCUT2D eigenvalue weighted by Gasteiger charge is -2.23. The molecule has 0 spiro atoms. The van der Waals surface area contributed by atoms with Crippen molar-refractivity contribution in [1.29, 1.82) is 0 Å². The lowest BCUT2D eigenvalue weighted by Crippen LogP contribution is -2.52. The number of hydrogen-bond acceptors (Lipinski definition) is 5. The van der Waals surface area contributed by atoms with Crippen molar-refractivity contribution in [1.82, 2.24) is 10.6 Å². The van der Waals surface area contributed by atoms with Crippen molar-refractivity contribution in [3.05, 3.63) is 35.9 Å². The van der Waals surface area contributed by atoms with E-state index in [2.05, 4.69) is 31.4 Å². The van der Waals surface area contributed by atoms with Crippen LogP contribution in [0.2, 0.25) is 0 Å². The highest BCUT2D eigenvalue weighted by Gasteiger charge is 2.28. The van der Waals surface area contributed by atoms with Gasteiger partial charge in [0.2, 0.25) is 5.91 Å². The van der Waals surface area contributed by atoms with E-state index >= 15 is 0 Å². The highest BCUT2D eigenvalue weighted by atomic mass is 16.5. The molecule has 0 saturated carbocycles. The van der Waals surface area contributed by atoms with Crippen LogP contribution in [-0.2, 0) is 25.5 Å². The first-order valence-corrected chi connectivity index (χ1v) is 8.99. The van der Waals surface area contributed by atoms with Crippen molar-refractivity contribution >= 4 is 17.8 Å². The smallest absolute Gasteiger partial charge is 0.328 e. The number of benzene rings is 1. The summed E-state index contributed by atoms with van der Waals surface area (Å²) < 4.78 is 4.78. The van der Waals surface area contributed by atoms with Gasteiger partial charge in [-0.1, -0.05) is 51.1 Å². The molecule has 0 fully saturated rings. The molecule has 0 unspecified atom stereocenters. The Morgan fingerprint density at radius 2 is 1.71 bits per heavy atom. The number of esters is 1. The number of carboxylic acids is 1. The lowest BCUT2D eigenvalue weighted by molar-refractivity contribution is -0.145. The van der Waals surface area contributed by atoms with Crippen LogP contribution in [0, 0.1) is 5.41 Å². The second-order valence-electron chi connectivity index (χ2n) is 7.69. The standard InChI is InChI=1S/C20H30N2O5.H2O/c1-20(2,3)10-11-21-15(13-17(23)24)18(25)22-16(19(26)27-4)12-14-8-6-5-7-9-14;/h5-9,15-16,21H,10-13H2,1-4H3,(H,22,25)(H,23,24);1H2/t15-,16-;/m0./s1. The molecule has 1 aromatic rings. The molecule has 0 aliphatic rings. The number of carbonyl (C=O) groups excluding carboxylic acids is 2. The van der Waals surface area contributed by atoms with Crippen molar-refractivity contribution in [3.63, 3.8) is 0 Å². The fourth-order valence-electron chi connectivity index (χ4n) is 2.51. The summed E-state index contributed by atoms with van der Waals surface area (Å²) in [6.07, 6.45) is 0.678. The predicted molar refractivity (Wildman–Crippen MR) is 106 cm³/mol. The van der Waals surface area contributed by atoms with Gasteiger partial charge >= 0.3 is 11.9 Å². The number of aliphatic carboxylic acids is 1. The molecular formula is C20H32N2O6. The van der Waals surface area contributed by atoms with Crippen LogP contribution in [0.5, 0.6) is 0 Å². The summed E-state index contributed by atoms with van der Waals surface area (Å²) in [4.78, 5) is 35.8. The SMILES string of the molecule is COC(=O)[C@H](Cc1ccccc1)NC(=O)[C@H](CC(=O)O)NCCC(C)(C)C.O. The predicted octanol–water partition coefficient (Wildman–Crippen LogP) is 0.931. The Labute approximate surface area is 166 Å². The molecule has 0 radical (unpaired) electrons. The first-order valence-electron chi connectivity index (χ1n) is 8.99. The third-order valence-electron chi connectivity index (χ3n) is 4.05. The quantitative estimate of drug-likeness (QED) is 0.503. The first-order chi connectivity index (χ1) is 12.6. The Hall–Kier alpha value is -2.45. The van der Waals surface area contributed by atoms with E-state index in [1.165, 1.54) is 7.11 Å². The number of amides is 1. The largest absolute Gasteiger partial charge is 0.481 e. The van der Waals surface area contributed by atoms with Gasteiger partial charge < -0.3 is 26.0 Å². The Kier molecular flexibility index (Phi) is 11.0. The number of ether oxygens (including phenoxy) is 1. The molecule has 0 aliphatic heterocycles. The van der Waals surface area contributed by atoms with Gasteiger partial charge in [0.15, 0.2) is 0 Å². The van der Waals surface area contributed by atoms with Crippen LogP contribution in [0.4, 0.5) is 0 Å². The highest BCUT2D eigenvalue weighted by Crippen LogP contribution is 2.17. The van der Waals surface area contributed by atoms with Crippen molar-refractivity contribution < 1.29 is 29.7 Å². The van der Waals surface area contributed by atoms with E-state index in [4.69, 9.17) is 9.84 Å². The summed E-state index contributed by atoms with van der Waals surface area (Å²) in [7, 11) is 1.25. The molecule has 0 saturated heterocycles. The maximum Gasteiger partial charge on any atom is 0.328 e. The van der Waals surface area contributed by atoms with Gasteiger partial charge in [-0.05, 0) is 23.9 Å². The van der Waals surface area contributed by atoms with E-state index in [0.29, 0.717) is 6.54 Å². The number of methoxy groups -OCH3 is 1. The molecule has 1 rings (SSSR count). The monoisotopic (exact) mass is 396 g/mol. The second kappa shape index (κ2) is 12.1. The van der Waals surface area contributed by atoms with Crippen LogP contribution in [0.15, 0.2) is 30.3 Å². The van der Waals surface area contributed by atoms with E-state index in [1.54, 1.807) is 0 Å². The molecular weight excluding hydrogens is 364 g/mol. The molecule has 8 nitrogen and oxygen atoms in total. The minimum absolute atomic E-state index is 0. The zero-order valence-electron chi connectivity index (χ0n) is 17.0. The Bertz CT molecular complexity index is 627. The number of hydrogen-bond donors (Lipinski definition) is 3. The van der Waals surface area contributed by atoms with Crippen LogP contribution in [-0.4, -0.2) is 54.2 Å². The van der Waals surface area contributed by atoms with Crippen LogP contribution in [0.3, 0.4) is 0 Å². The zero-order valence-corrected chi connectivity index (χ0v) is 17.0. The van der Waals surface area contributed by atoms with Crippen molar-refractivity contribution in [2.45, 2.75) is 52.1 Å². The molecule has 28 heavy (non-hydrogen) atoms. The van der Waals surface area contributed by atoms with Crippen LogP contribution in [0.25, 0.3) is 0 Å². The van der Waals surface area contributed by atoms with Gasteiger partial charge in [0, 0.05) is 6.42 Å². The lowest BCUT2D eigenvalue weighted by atomic mass is 9.92. The van der Waals surface area contributed by atoms with Gasteiger partial charge in [0.25, 0.3) is 0 Å². The van der Waals surface area contributed by atoms with Crippen molar-refractivity contribution in [2.24, 2.45) is 5.41 Å². The number of nitrogens with one attached hydrogen (secondary N) is 2. The van der Waals surface area contributed by atoms with Gasteiger partial charge in [-0.3, -0.25) is 9.59 Å². The Morgan fingerprint density at radius 3 is 2.21 bits per heavy atom. The fraction of sp³-hybridized carbons (Fsp3) is 0.550. The van der Waals surface area contributed by atoms with E-state index in [-0.39, 0.29) is 23.7 Å². The third-order valence-corrected chi connectivity index (χ3v) is 4.05. The van der Waals surface area contributed by atoms with Gasteiger partial charge in [-0.25, -0.2) is 4.79 Å². The molecule has 0 aromatic heterocycles. The summed E-state index contributed by atoms with van der Waals surface area (Å²) in [5.41, 5.74) is 0.919. The number of carbonyl (C=O) groups is 3. The Balaban J connectivity index is 0.00000729. The van der Waals surface area contributed by atoms with Crippen molar-refractivity contribution in [2.75, 3.05) is 13.7 Å². The Morgan fingerprint density at radius 1 is 1.11 bits per heavy atom. The van der Waals surface area contributed by atoms with Crippen molar-refractivity contribution in [3.8, 4) is 0 Å². The van der Waals surface area contributed by atoms with Crippen LogP contribution < -0.4 is 10.6 Å². The highest BCUT2D eigenvalue weighted by molar-refractivity contribution is 5.90. The number of rotatable bonds is 10. The molecule has 2 atom stereocenters. The number of carboxylic acid groups (broad SMARTS) is 1. The second-order valence-corrected chi connectivity index (χ2v) is 7.69. The molecule has 158 valence electrons. The van der Waals surface area contributed by atoms with E-state index in [1.807, 2.05) is 30.3 Å². The maximum absolute atomic E-state index is 12.6. The van der Waals surface area contributed by atoms with E-state index < -0.39 is 29.9 Å². The minimum Gasteiger partial charge on any atom is -0.481 e. The molecule has 1 aromatic carbocycles. The topological polar surface area (TPSA) is 136 Å². The normalized spacial score (nSPS) is 13.0. The van der Waals surface area contributed by atoms with Crippen LogP contribution >= 0.6 is 0 Å². The first kappa shape index (κ1) is 25.6. The van der Waals surface area contributed by atoms with Gasteiger partial charge in [0.1, 0.15) is 6.04 Å². The molecule has 0 heterocycles. The molecule has 1 amide bonds. The average molecular weight is 396 g/mol. The molecule has 5 N–H and O–H groups in total. The average Bonchev–Trinajstić information content (AvgIpc) is 2.59. The molecule has 0 bridgehead atoms. The van der Waals surface area contributed by atoms with Gasteiger partial charge in [-0.15, -0.1) is 0 Å². The zero-order chi connectivity index (χ0) is 20.4. The fourth-order valence-corrected chi connectivity index (χ4v) is 2.51. The van der Waals surface area contributed by atoms with Gasteiger partial charge in [-0.2, -0.15) is 0 Å². The summed E-state index contributed by atoms with van der Waals surface area (Å²) in [6.45, 7) is 6.69. The summed E-state index contributed by atoms with van der Waals surface area (Å²) >= 11 is 0. The maximum atomic E-state index is 12.6. The van der Waals surface area contributed by atoms with Crippen LogP contribution in [0.1, 0.15) is 39.2 Å². The van der Waals surface area contributed by atoms with E-state index in [0.717, 1.165) is 12.0 Å². The third kappa shape index (κ3) is 10.0. The minimum atomic E-state index is -1.09. The summed E-state index contributed by atoms with van der Waals surface area (Å²) in [5.74, 6) is -2.19.